The van der Waals surface area contributed by atoms with Gasteiger partial charge in [-0.15, -0.1) is 24.8 Å². The zero-order valence-electron chi connectivity index (χ0n) is 12.0. The zero-order chi connectivity index (χ0) is 13.4. The van der Waals surface area contributed by atoms with Crippen molar-refractivity contribution in [1.82, 2.24) is 10.2 Å². The molecule has 0 bridgehead atoms. The molecule has 0 radical (unpaired) electrons. The lowest BCUT2D eigenvalue weighted by atomic mass is 10.2. The van der Waals surface area contributed by atoms with Crippen LogP contribution in [0.15, 0.2) is 18.2 Å². The van der Waals surface area contributed by atoms with Crippen molar-refractivity contribution in [2.45, 2.75) is 26.8 Å². The molecule has 118 valence electrons. The summed E-state index contributed by atoms with van der Waals surface area (Å²) >= 11 is 12.1. The molecule has 20 heavy (non-hydrogen) atoms. The Morgan fingerprint density at radius 2 is 1.75 bits per heavy atom. The van der Waals surface area contributed by atoms with Crippen LogP contribution in [0, 0.1) is 0 Å². The van der Waals surface area contributed by atoms with Crippen LogP contribution in [0.2, 0.25) is 10.0 Å². The smallest absolute Gasteiger partial charge is 0.0637 e. The molecular formula is C14H24Cl4N2. The number of rotatable bonds is 8. The first-order valence-electron chi connectivity index (χ1n) is 6.55. The molecule has 0 spiro atoms. The Morgan fingerprint density at radius 3 is 2.35 bits per heavy atom. The predicted octanol–water partition coefficient (Wildman–Crippen LogP) is 4.66. The van der Waals surface area contributed by atoms with Gasteiger partial charge in [0.2, 0.25) is 0 Å². The Balaban J connectivity index is 0. The normalized spacial score (nSPS) is 10.1. The largest absolute Gasteiger partial charge is 0.313 e. The van der Waals surface area contributed by atoms with Crippen molar-refractivity contribution in [2.75, 3.05) is 26.2 Å². The van der Waals surface area contributed by atoms with E-state index in [-0.39, 0.29) is 24.8 Å². The van der Waals surface area contributed by atoms with E-state index in [2.05, 4.69) is 24.1 Å². The highest BCUT2D eigenvalue weighted by molar-refractivity contribution is 6.42. The Kier molecular flexibility index (Phi) is 14.7. The average molecular weight is 362 g/mol. The third-order valence-corrected chi connectivity index (χ3v) is 3.93. The van der Waals surface area contributed by atoms with E-state index in [0.717, 1.165) is 44.7 Å². The van der Waals surface area contributed by atoms with E-state index in [1.807, 2.05) is 18.2 Å². The van der Waals surface area contributed by atoms with Crippen LogP contribution in [0.5, 0.6) is 0 Å². The maximum Gasteiger partial charge on any atom is 0.0637 e. The van der Waals surface area contributed by atoms with Crippen LogP contribution in [-0.4, -0.2) is 31.1 Å². The van der Waals surface area contributed by atoms with Gasteiger partial charge in [-0.2, -0.15) is 0 Å². The SMILES string of the molecule is CCN(CC)CCCNCc1cccc(Cl)c1Cl.Cl.Cl. The molecule has 0 aliphatic carbocycles. The van der Waals surface area contributed by atoms with Gasteiger partial charge in [-0.3, -0.25) is 0 Å². The van der Waals surface area contributed by atoms with E-state index in [4.69, 9.17) is 23.2 Å². The molecular weight excluding hydrogens is 338 g/mol. The van der Waals surface area contributed by atoms with Crippen molar-refractivity contribution in [1.29, 1.82) is 0 Å². The predicted molar refractivity (Wildman–Crippen MR) is 95.1 cm³/mol. The summed E-state index contributed by atoms with van der Waals surface area (Å²) < 4.78 is 0. The van der Waals surface area contributed by atoms with E-state index in [1.54, 1.807) is 0 Å². The molecule has 0 aliphatic heterocycles. The maximum absolute atomic E-state index is 6.12. The summed E-state index contributed by atoms with van der Waals surface area (Å²) in [5.74, 6) is 0. The topological polar surface area (TPSA) is 15.3 Å². The van der Waals surface area contributed by atoms with Gasteiger partial charge in [-0.05, 0) is 44.2 Å². The van der Waals surface area contributed by atoms with Gasteiger partial charge >= 0.3 is 0 Å². The number of halogens is 4. The van der Waals surface area contributed by atoms with Gasteiger partial charge in [0.1, 0.15) is 0 Å². The highest BCUT2D eigenvalue weighted by Gasteiger charge is 2.03. The van der Waals surface area contributed by atoms with Gasteiger partial charge in [-0.1, -0.05) is 49.2 Å². The average Bonchev–Trinajstić information content (AvgIpc) is 2.38. The molecule has 0 fully saturated rings. The molecule has 6 heteroatoms. The van der Waals surface area contributed by atoms with Crippen molar-refractivity contribution in [3.8, 4) is 0 Å². The summed E-state index contributed by atoms with van der Waals surface area (Å²) in [6.07, 6.45) is 1.15. The number of benzene rings is 1. The molecule has 0 aliphatic rings. The van der Waals surface area contributed by atoms with E-state index >= 15 is 0 Å². The fourth-order valence-corrected chi connectivity index (χ4v) is 2.26. The molecule has 0 unspecified atom stereocenters. The van der Waals surface area contributed by atoms with Crippen LogP contribution in [0.1, 0.15) is 25.8 Å². The Hall–Kier alpha value is 0.300. The summed E-state index contributed by atoms with van der Waals surface area (Å²) in [5, 5.41) is 4.69. The first-order valence-corrected chi connectivity index (χ1v) is 7.30. The van der Waals surface area contributed by atoms with E-state index in [0.29, 0.717) is 10.0 Å². The zero-order valence-corrected chi connectivity index (χ0v) is 15.1. The minimum atomic E-state index is 0. The van der Waals surface area contributed by atoms with Gasteiger partial charge < -0.3 is 10.2 Å². The third-order valence-electron chi connectivity index (χ3n) is 3.07. The third kappa shape index (κ3) is 7.92. The first-order chi connectivity index (χ1) is 8.69. The van der Waals surface area contributed by atoms with Crippen molar-refractivity contribution >= 4 is 48.0 Å². The van der Waals surface area contributed by atoms with Crippen LogP contribution in [0.25, 0.3) is 0 Å². The van der Waals surface area contributed by atoms with Crippen LogP contribution < -0.4 is 5.32 Å². The minimum absolute atomic E-state index is 0. The molecule has 0 saturated heterocycles. The van der Waals surface area contributed by atoms with Gasteiger partial charge in [0.25, 0.3) is 0 Å². The Morgan fingerprint density at radius 1 is 1.10 bits per heavy atom. The molecule has 1 aromatic rings. The molecule has 1 aromatic carbocycles. The monoisotopic (exact) mass is 360 g/mol. The van der Waals surface area contributed by atoms with Crippen molar-refractivity contribution in [3.05, 3.63) is 33.8 Å². The molecule has 0 saturated carbocycles. The van der Waals surface area contributed by atoms with E-state index < -0.39 is 0 Å². The number of nitrogens with zero attached hydrogens (tertiary/aromatic N) is 1. The standard InChI is InChI=1S/C14H22Cl2N2.2ClH/c1-3-18(4-2)10-6-9-17-11-12-7-5-8-13(15)14(12)16;;/h5,7-8,17H,3-4,6,9-11H2,1-2H3;2*1H. The second kappa shape index (κ2) is 13.0. The van der Waals surface area contributed by atoms with Crippen LogP contribution in [0.3, 0.4) is 0 Å². The molecule has 0 amide bonds. The van der Waals surface area contributed by atoms with Gasteiger partial charge in [0, 0.05) is 6.54 Å². The highest BCUT2D eigenvalue weighted by atomic mass is 35.5. The molecule has 1 rings (SSSR count). The summed E-state index contributed by atoms with van der Waals surface area (Å²) in [7, 11) is 0. The van der Waals surface area contributed by atoms with Crippen LogP contribution in [-0.2, 0) is 6.54 Å². The van der Waals surface area contributed by atoms with Crippen molar-refractivity contribution in [2.24, 2.45) is 0 Å². The van der Waals surface area contributed by atoms with E-state index in [1.165, 1.54) is 0 Å². The second-order valence-corrected chi connectivity index (χ2v) is 5.06. The molecule has 0 aromatic heterocycles. The number of hydrogen-bond acceptors (Lipinski definition) is 2. The second-order valence-electron chi connectivity index (χ2n) is 4.27. The quantitative estimate of drug-likeness (QED) is 0.677. The molecule has 1 N–H and O–H groups in total. The number of hydrogen-bond donors (Lipinski definition) is 1. The minimum Gasteiger partial charge on any atom is -0.313 e. The lowest BCUT2D eigenvalue weighted by Crippen LogP contribution is -2.27. The van der Waals surface area contributed by atoms with Crippen molar-refractivity contribution in [3.63, 3.8) is 0 Å². The van der Waals surface area contributed by atoms with Gasteiger partial charge in [0.05, 0.1) is 10.0 Å². The van der Waals surface area contributed by atoms with Crippen molar-refractivity contribution < 1.29 is 0 Å². The fourth-order valence-electron chi connectivity index (χ4n) is 1.88. The maximum atomic E-state index is 6.12. The molecule has 0 heterocycles. The molecule has 2 nitrogen and oxygen atoms in total. The molecule has 0 atom stereocenters. The summed E-state index contributed by atoms with van der Waals surface area (Å²) in [5.41, 5.74) is 1.06. The fraction of sp³-hybridized carbons (Fsp3) is 0.571. The lowest BCUT2D eigenvalue weighted by molar-refractivity contribution is 0.298. The summed E-state index contributed by atoms with van der Waals surface area (Å²) in [4.78, 5) is 2.42. The van der Waals surface area contributed by atoms with Crippen LogP contribution in [0.4, 0.5) is 0 Å². The Bertz CT molecular complexity index is 357. The lowest BCUT2D eigenvalue weighted by Gasteiger charge is -2.17. The Labute approximate surface area is 145 Å². The number of nitrogens with one attached hydrogen (secondary N) is 1. The van der Waals surface area contributed by atoms with Gasteiger partial charge in [-0.25, -0.2) is 0 Å². The summed E-state index contributed by atoms with van der Waals surface area (Å²) in [6, 6.07) is 5.75. The van der Waals surface area contributed by atoms with Crippen LogP contribution >= 0.6 is 48.0 Å². The first kappa shape index (κ1) is 22.6. The summed E-state index contributed by atoms with van der Waals surface area (Å²) in [6.45, 7) is 9.55. The van der Waals surface area contributed by atoms with Gasteiger partial charge in [0.15, 0.2) is 0 Å². The van der Waals surface area contributed by atoms with E-state index in [9.17, 15) is 0 Å². The highest BCUT2D eigenvalue weighted by Crippen LogP contribution is 2.25.